The molecule has 0 saturated heterocycles. The van der Waals surface area contributed by atoms with Gasteiger partial charge in [0.25, 0.3) is 11.5 Å². The minimum absolute atomic E-state index is 0.0219. The van der Waals surface area contributed by atoms with E-state index in [1.807, 2.05) is 25.1 Å². The molecule has 1 N–H and O–H groups in total. The van der Waals surface area contributed by atoms with Gasteiger partial charge in [-0.25, -0.2) is 4.98 Å². The second-order valence-corrected chi connectivity index (χ2v) is 6.50. The first-order chi connectivity index (χ1) is 12.1. The molecule has 4 rings (SSSR count). The van der Waals surface area contributed by atoms with Crippen molar-refractivity contribution in [2.75, 3.05) is 5.32 Å². The molecule has 0 spiro atoms. The van der Waals surface area contributed by atoms with Crippen LogP contribution in [0.5, 0.6) is 0 Å². The first-order valence-electron chi connectivity index (χ1n) is 8.53. The third-order valence-corrected chi connectivity index (χ3v) is 4.60. The lowest BCUT2D eigenvalue weighted by Gasteiger charge is -2.18. The van der Waals surface area contributed by atoms with Crippen LogP contribution >= 0.6 is 0 Å². The fraction of sp³-hybridized carbons (Fsp3) is 0.250. The Kier molecular flexibility index (Phi) is 3.84. The van der Waals surface area contributed by atoms with Gasteiger partial charge in [-0.1, -0.05) is 17.7 Å². The summed E-state index contributed by atoms with van der Waals surface area (Å²) in [4.78, 5) is 29.8. The van der Waals surface area contributed by atoms with Gasteiger partial charge in [-0.05, 0) is 50.1 Å². The zero-order chi connectivity index (χ0) is 17.4. The molecule has 2 heterocycles. The Labute approximate surface area is 145 Å². The Morgan fingerprint density at radius 1 is 1.16 bits per heavy atom. The summed E-state index contributed by atoms with van der Waals surface area (Å²) in [5.41, 5.74) is 2.90. The summed E-state index contributed by atoms with van der Waals surface area (Å²) < 4.78 is 1.76. The van der Waals surface area contributed by atoms with Crippen molar-refractivity contribution in [3.8, 4) is 0 Å². The van der Waals surface area contributed by atoms with E-state index in [1.165, 1.54) is 0 Å². The van der Waals surface area contributed by atoms with Crippen molar-refractivity contribution in [2.24, 2.45) is 0 Å². The number of nitrogens with one attached hydrogen (secondary N) is 1. The van der Waals surface area contributed by atoms with Gasteiger partial charge in [-0.3, -0.25) is 14.2 Å². The maximum absolute atomic E-state index is 12.7. The second-order valence-electron chi connectivity index (χ2n) is 6.50. The van der Waals surface area contributed by atoms with Crippen LogP contribution < -0.4 is 10.9 Å². The summed E-state index contributed by atoms with van der Waals surface area (Å²) in [6.07, 6.45) is 2.92. The highest BCUT2D eigenvalue weighted by atomic mass is 16.1. The van der Waals surface area contributed by atoms with Gasteiger partial charge < -0.3 is 5.32 Å². The highest BCUT2D eigenvalue weighted by Gasteiger charge is 2.15. The molecule has 5 heteroatoms. The van der Waals surface area contributed by atoms with Crippen molar-refractivity contribution < 1.29 is 4.79 Å². The fourth-order valence-corrected chi connectivity index (χ4v) is 3.31. The van der Waals surface area contributed by atoms with Crippen LogP contribution in [0.25, 0.3) is 10.9 Å². The number of hydrogen-bond donors (Lipinski definition) is 1. The van der Waals surface area contributed by atoms with Crippen LogP contribution in [-0.4, -0.2) is 15.5 Å². The molecule has 1 aliphatic rings. The zero-order valence-electron chi connectivity index (χ0n) is 14.1. The molecule has 0 bridgehead atoms. The highest BCUT2D eigenvalue weighted by Crippen LogP contribution is 2.19. The minimum atomic E-state index is -0.186. The van der Waals surface area contributed by atoms with E-state index in [2.05, 4.69) is 10.3 Å². The summed E-state index contributed by atoms with van der Waals surface area (Å²) in [7, 11) is 0. The van der Waals surface area contributed by atoms with E-state index in [0.717, 1.165) is 37.2 Å². The SMILES string of the molecule is Cc1cccc(C(=O)Nc2ccc3nc4n(c(=O)c3c2)CCCC4)c1. The molecular weight excluding hydrogens is 314 g/mol. The van der Waals surface area contributed by atoms with E-state index in [1.54, 1.807) is 28.8 Å². The van der Waals surface area contributed by atoms with E-state index in [0.29, 0.717) is 22.2 Å². The smallest absolute Gasteiger partial charge is 0.261 e. The monoisotopic (exact) mass is 333 g/mol. The highest BCUT2D eigenvalue weighted by molar-refractivity contribution is 6.05. The summed E-state index contributed by atoms with van der Waals surface area (Å²) in [5, 5.41) is 3.42. The largest absolute Gasteiger partial charge is 0.322 e. The quantitative estimate of drug-likeness (QED) is 0.783. The maximum Gasteiger partial charge on any atom is 0.261 e. The fourth-order valence-electron chi connectivity index (χ4n) is 3.31. The van der Waals surface area contributed by atoms with Crippen LogP contribution in [0.15, 0.2) is 47.3 Å². The van der Waals surface area contributed by atoms with E-state index in [4.69, 9.17) is 0 Å². The molecule has 25 heavy (non-hydrogen) atoms. The van der Waals surface area contributed by atoms with Gasteiger partial charge in [0.1, 0.15) is 5.82 Å². The molecular formula is C20H19N3O2. The standard InChI is InChI=1S/C20H19N3O2/c1-13-5-4-6-14(11-13)19(24)21-15-8-9-17-16(12-15)20(25)23-10-3-2-7-18(23)22-17/h4-6,8-9,11-12H,2-3,7,10H2,1H3,(H,21,24). The number of amides is 1. The number of carbonyl (C=O) groups excluding carboxylic acids is 1. The summed E-state index contributed by atoms with van der Waals surface area (Å²) in [6, 6.07) is 12.7. The number of hydrogen-bond acceptors (Lipinski definition) is 3. The number of fused-ring (bicyclic) bond motifs is 2. The van der Waals surface area contributed by atoms with Crippen LogP contribution in [0.1, 0.15) is 34.6 Å². The number of anilines is 1. The van der Waals surface area contributed by atoms with Crippen molar-refractivity contribution in [1.29, 1.82) is 0 Å². The summed E-state index contributed by atoms with van der Waals surface area (Å²) >= 11 is 0. The van der Waals surface area contributed by atoms with E-state index < -0.39 is 0 Å². The molecule has 0 unspecified atom stereocenters. The molecule has 126 valence electrons. The van der Waals surface area contributed by atoms with E-state index in [-0.39, 0.29) is 11.5 Å². The number of rotatable bonds is 2. The zero-order valence-corrected chi connectivity index (χ0v) is 14.1. The molecule has 0 atom stereocenters. The van der Waals surface area contributed by atoms with Crippen LogP contribution in [0, 0.1) is 6.92 Å². The molecule has 0 radical (unpaired) electrons. The van der Waals surface area contributed by atoms with Crippen molar-refractivity contribution in [2.45, 2.75) is 32.7 Å². The van der Waals surface area contributed by atoms with Crippen LogP contribution in [0.2, 0.25) is 0 Å². The Morgan fingerprint density at radius 3 is 2.88 bits per heavy atom. The molecule has 5 nitrogen and oxygen atoms in total. The first kappa shape index (κ1) is 15.6. The average molecular weight is 333 g/mol. The molecule has 1 aromatic heterocycles. The lowest BCUT2D eigenvalue weighted by atomic mass is 10.1. The molecule has 0 fully saturated rings. The summed E-state index contributed by atoms with van der Waals surface area (Å²) in [6.45, 7) is 2.67. The van der Waals surface area contributed by atoms with Crippen molar-refractivity contribution in [3.63, 3.8) is 0 Å². The molecule has 2 aromatic carbocycles. The van der Waals surface area contributed by atoms with Gasteiger partial charge in [-0.2, -0.15) is 0 Å². The second kappa shape index (κ2) is 6.16. The van der Waals surface area contributed by atoms with Gasteiger partial charge >= 0.3 is 0 Å². The number of aromatic nitrogens is 2. The predicted octanol–water partition coefficient (Wildman–Crippen LogP) is 3.29. The van der Waals surface area contributed by atoms with Crippen LogP contribution in [0.3, 0.4) is 0 Å². The van der Waals surface area contributed by atoms with Gasteiger partial charge in [-0.15, -0.1) is 0 Å². The predicted molar refractivity (Wildman–Crippen MR) is 98.1 cm³/mol. The molecule has 3 aromatic rings. The Balaban J connectivity index is 1.70. The normalized spacial score (nSPS) is 13.5. The number of benzene rings is 2. The summed E-state index contributed by atoms with van der Waals surface area (Å²) in [5.74, 6) is 0.675. The lowest BCUT2D eigenvalue weighted by molar-refractivity contribution is 0.102. The average Bonchev–Trinajstić information content (AvgIpc) is 2.62. The minimum Gasteiger partial charge on any atom is -0.322 e. The Morgan fingerprint density at radius 2 is 2.04 bits per heavy atom. The molecule has 0 saturated carbocycles. The third kappa shape index (κ3) is 2.93. The van der Waals surface area contributed by atoms with Gasteiger partial charge in [0.05, 0.1) is 10.9 Å². The topological polar surface area (TPSA) is 64.0 Å². The number of nitrogens with zero attached hydrogens (tertiary/aromatic N) is 2. The van der Waals surface area contributed by atoms with Crippen LogP contribution in [0.4, 0.5) is 5.69 Å². The first-order valence-corrected chi connectivity index (χ1v) is 8.53. The number of aryl methyl sites for hydroxylation is 2. The maximum atomic E-state index is 12.7. The Hall–Kier alpha value is -2.95. The van der Waals surface area contributed by atoms with Gasteiger partial charge in [0, 0.05) is 24.2 Å². The van der Waals surface area contributed by atoms with Crippen molar-refractivity contribution in [1.82, 2.24) is 9.55 Å². The lowest BCUT2D eigenvalue weighted by Crippen LogP contribution is -2.28. The molecule has 1 amide bonds. The molecule has 1 aliphatic heterocycles. The molecule has 0 aliphatic carbocycles. The Bertz CT molecular complexity index is 1040. The van der Waals surface area contributed by atoms with E-state index in [9.17, 15) is 9.59 Å². The van der Waals surface area contributed by atoms with Crippen molar-refractivity contribution in [3.05, 3.63) is 69.8 Å². The van der Waals surface area contributed by atoms with Crippen molar-refractivity contribution >= 4 is 22.5 Å². The van der Waals surface area contributed by atoms with Gasteiger partial charge in [0.2, 0.25) is 0 Å². The van der Waals surface area contributed by atoms with E-state index >= 15 is 0 Å². The number of carbonyl (C=O) groups is 1. The third-order valence-electron chi connectivity index (χ3n) is 4.60. The van der Waals surface area contributed by atoms with Gasteiger partial charge in [0.15, 0.2) is 0 Å². The van der Waals surface area contributed by atoms with Crippen LogP contribution in [-0.2, 0) is 13.0 Å².